The quantitative estimate of drug-likeness (QED) is 0.845. The van der Waals surface area contributed by atoms with Crippen molar-refractivity contribution < 1.29 is 9.18 Å². The maximum Gasteiger partial charge on any atom is 0.236 e. The van der Waals surface area contributed by atoms with E-state index in [1.54, 1.807) is 17.0 Å². The zero-order chi connectivity index (χ0) is 17.2. The normalized spacial score (nSPS) is 21.3. The Morgan fingerprint density at radius 1 is 1.17 bits per heavy atom. The molecule has 4 nitrogen and oxygen atoms in total. The third kappa shape index (κ3) is 4.14. The second-order valence-electron chi connectivity index (χ2n) is 7.65. The molecule has 1 spiro atoms. The van der Waals surface area contributed by atoms with Gasteiger partial charge in [-0.2, -0.15) is 0 Å². The van der Waals surface area contributed by atoms with Gasteiger partial charge in [0.15, 0.2) is 0 Å². The fourth-order valence-electron chi connectivity index (χ4n) is 3.98. The van der Waals surface area contributed by atoms with Crippen LogP contribution in [0.3, 0.4) is 0 Å². The summed E-state index contributed by atoms with van der Waals surface area (Å²) in [5, 5.41) is 0. The van der Waals surface area contributed by atoms with E-state index in [0.29, 0.717) is 12.0 Å². The van der Waals surface area contributed by atoms with Crippen molar-refractivity contribution in [3.05, 3.63) is 35.6 Å². The first-order valence-corrected chi connectivity index (χ1v) is 8.85. The molecule has 3 rings (SSSR count). The van der Waals surface area contributed by atoms with Crippen LogP contribution in [0.5, 0.6) is 0 Å². The molecule has 0 unspecified atom stereocenters. The summed E-state index contributed by atoms with van der Waals surface area (Å²) in [6, 6.07) is 6.91. The molecule has 0 saturated carbocycles. The van der Waals surface area contributed by atoms with Crippen LogP contribution < -0.4 is 0 Å². The molecule has 1 aromatic carbocycles. The third-order valence-corrected chi connectivity index (χ3v) is 5.59. The number of hydrogen-bond donors (Lipinski definition) is 0. The highest BCUT2D eigenvalue weighted by atomic mass is 19.1. The second kappa shape index (κ2) is 7.19. The fourth-order valence-corrected chi connectivity index (χ4v) is 3.98. The lowest BCUT2D eigenvalue weighted by atomic mass is 9.77. The number of likely N-dealkylation sites (tertiary alicyclic amines) is 2. The van der Waals surface area contributed by atoms with Crippen molar-refractivity contribution >= 4 is 5.91 Å². The molecule has 0 radical (unpaired) electrons. The first-order chi connectivity index (χ1) is 11.5. The lowest BCUT2D eigenvalue weighted by molar-refractivity contribution is -0.129. The van der Waals surface area contributed by atoms with Crippen LogP contribution in [0.4, 0.5) is 4.39 Å². The number of carbonyl (C=O) groups excluding carboxylic acids is 1. The summed E-state index contributed by atoms with van der Waals surface area (Å²) >= 11 is 0. The average Bonchev–Trinajstić information content (AvgIpc) is 2.92. The second-order valence-corrected chi connectivity index (χ2v) is 7.65. The van der Waals surface area contributed by atoms with Crippen LogP contribution in [-0.4, -0.2) is 67.4 Å². The van der Waals surface area contributed by atoms with Gasteiger partial charge in [-0.15, -0.1) is 0 Å². The Morgan fingerprint density at radius 3 is 2.46 bits per heavy atom. The van der Waals surface area contributed by atoms with E-state index in [1.807, 2.05) is 20.2 Å². The summed E-state index contributed by atoms with van der Waals surface area (Å²) < 4.78 is 13.3. The van der Waals surface area contributed by atoms with Crippen LogP contribution in [0.2, 0.25) is 0 Å². The summed E-state index contributed by atoms with van der Waals surface area (Å²) in [6.45, 7) is 5.57. The van der Waals surface area contributed by atoms with Crippen molar-refractivity contribution in [1.82, 2.24) is 14.7 Å². The van der Waals surface area contributed by atoms with E-state index >= 15 is 0 Å². The van der Waals surface area contributed by atoms with Gasteiger partial charge in [0.05, 0.1) is 6.54 Å². The Morgan fingerprint density at radius 2 is 1.83 bits per heavy atom. The average molecular weight is 333 g/mol. The van der Waals surface area contributed by atoms with Gasteiger partial charge in [0.1, 0.15) is 5.82 Å². The highest BCUT2D eigenvalue weighted by Gasteiger charge is 2.40. The molecule has 1 aromatic rings. The maximum atomic E-state index is 13.3. The standard InChI is InChI=1S/C19H28FN3O/c1-21(2)18(24)14-23-11-8-19(15-23)6-9-22(10-7-19)13-16-4-3-5-17(20)12-16/h3-5,12H,6-11,13-15H2,1-2H3. The van der Waals surface area contributed by atoms with Gasteiger partial charge in [-0.25, -0.2) is 4.39 Å². The number of rotatable bonds is 4. The van der Waals surface area contributed by atoms with Crippen molar-refractivity contribution in [1.29, 1.82) is 0 Å². The number of likely N-dealkylation sites (N-methyl/N-ethyl adjacent to an activating group) is 1. The summed E-state index contributed by atoms with van der Waals surface area (Å²) in [5.41, 5.74) is 1.43. The Bertz CT molecular complexity index is 582. The lowest BCUT2D eigenvalue weighted by Gasteiger charge is -2.39. The third-order valence-electron chi connectivity index (χ3n) is 5.59. The molecule has 0 bridgehead atoms. The molecule has 0 aliphatic carbocycles. The van der Waals surface area contributed by atoms with Gasteiger partial charge in [0.25, 0.3) is 0 Å². The van der Waals surface area contributed by atoms with E-state index in [1.165, 1.54) is 25.3 Å². The van der Waals surface area contributed by atoms with E-state index in [4.69, 9.17) is 0 Å². The smallest absolute Gasteiger partial charge is 0.236 e. The van der Waals surface area contributed by atoms with Gasteiger partial charge in [-0.05, 0) is 62.0 Å². The molecule has 0 N–H and O–H groups in total. The number of carbonyl (C=O) groups is 1. The van der Waals surface area contributed by atoms with E-state index in [0.717, 1.165) is 38.3 Å². The fraction of sp³-hybridized carbons (Fsp3) is 0.632. The monoisotopic (exact) mass is 333 g/mol. The number of halogens is 1. The molecule has 2 saturated heterocycles. The van der Waals surface area contributed by atoms with E-state index in [2.05, 4.69) is 9.80 Å². The Labute approximate surface area is 144 Å². The van der Waals surface area contributed by atoms with E-state index in [-0.39, 0.29) is 11.7 Å². The Hall–Kier alpha value is -1.46. The van der Waals surface area contributed by atoms with Gasteiger partial charge in [-0.1, -0.05) is 12.1 Å². The van der Waals surface area contributed by atoms with Gasteiger partial charge in [0.2, 0.25) is 5.91 Å². The van der Waals surface area contributed by atoms with Gasteiger partial charge in [0, 0.05) is 27.2 Å². The summed E-state index contributed by atoms with van der Waals surface area (Å²) in [5.74, 6) is 0.0357. The van der Waals surface area contributed by atoms with Gasteiger partial charge < -0.3 is 4.90 Å². The largest absolute Gasteiger partial charge is 0.348 e. The zero-order valence-electron chi connectivity index (χ0n) is 14.8. The molecule has 2 fully saturated rings. The molecule has 24 heavy (non-hydrogen) atoms. The first kappa shape index (κ1) is 17.4. The van der Waals surface area contributed by atoms with Crippen LogP contribution in [0.15, 0.2) is 24.3 Å². The van der Waals surface area contributed by atoms with Crippen molar-refractivity contribution in [2.24, 2.45) is 5.41 Å². The number of piperidine rings is 1. The van der Waals surface area contributed by atoms with Crippen molar-refractivity contribution in [3.63, 3.8) is 0 Å². The van der Waals surface area contributed by atoms with Gasteiger partial charge >= 0.3 is 0 Å². The van der Waals surface area contributed by atoms with E-state index < -0.39 is 0 Å². The predicted molar refractivity (Wildman–Crippen MR) is 93.1 cm³/mol. The molecular weight excluding hydrogens is 305 g/mol. The van der Waals surface area contributed by atoms with Crippen molar-refractivity contribution in [2.45, 2.75) is 25.8 Å². The molecule has 1 amide bonds. The summed E-state index contributed by atoms with van der Waals surface area (Å²) in [7, 11) is 3.64. The molecule has 2 aliphatic rings. The zero-order valence-corrected chi connectivity index (χ0v) is 14.8. The van der Waals surface area contributed by atoms with Crippen LogP contribution in [0.1, 0.15) is 24.8 Å². The number of nitrogens with zero attached hydrogens (tertiary/aromatic N) is 3. The van der Waals surface area contributed by atoms with Crippen LogP contribution in [0, 0.1) is 11.2 Å². The van der Waals surface area contributed by atoms with E-state index in [9.17, 15) is 9.18 Å². The van der Waals surface area contributed by atoms with Crippen LogP contribution in [-0.2, 0) is 11.3 Å². The van der Waals surface area contributed by atoms with Crippen LogP contribution in [0.25, 0.3) is 0 Å². The number of amides is 1. The maximum absolute atomic E-state index is 13.3. The Balaban J connectivity index is 1.49. The topological polar surface area (TPSA) is 26.8 Å². The van der Waals surface area contributed by atoms with Crippen molar-refractivity contribution in [2.75, 3.05) is 46.8 Å². The molecule has 2 heterocycles. The molecule has 132 valence electrons. The lowest BCUT2D eigenvalue weighted by Crippen LogP contribution is -2.42. The van der Waals surface area contributed by atoms with Gasteiger partial charge in [-0.3, -0.25) is 14.6 Å². The first-order valence-electron chi connectivity index (χ1n) is 8.85. The predicted octanol–water partition coefficient (Wildman–Crippen LogP) is 2.20. The SMILES string of the molecule is CN(C)C(=O)CN1CCC2(CCN(Cc3cccc(F)c3)CC2)C1. The highest BCUT2D eigenvalue weighted by Crippen LogP contribution is 2.40. The number of hydrogen-bond acceptors (Lipinski definition) is 3. The molecule has 5 heteroatoms. The molecule has 2 aliphatic heterocycles. The molecular formula is C19H28FN3O. The highest BCUT2D eigenvalue weighted by molar-refractivity contribution is 5.77. The minimum Gasteiger partial charge on any atom is -0.348 e. The molecule has 0 atom stereocenters. The number of benzene rings is 1. The van der Waals surface area contributed by atoms with Crippen molar-refractivity contribution in [3.8, 4) is 0 Å². The molecule has 0 aromatic heterocycles. The summed E-state index contributed by atoms with van der Waals surface area (Å²) in [6.07, 6.45) is 3.55. The minimum absolute atomic E-state index is 0.155. The Kier molecular flexibility index (Phi) is 5.21. The summed E-state index contributed by atoms with van der Waals surface area (Å²) in [4.78, 5) is 18.3. The minimum atomic E-state index is -0.155. The van der Waals surface area contributed by atoms with Crippen LogP contribution >= 0.6 is 0 Å².